The van der Waals surface area contributed by atoms with Gasteiger partial charge in [-0.15, -0.1) is 0 Å². The predicted octanol–water partition coefficient (Wildman–Crippen LogP) is 7.65. The Morgan fingerprint density at radius 1 is 1.09 bits per heavy atom. The Labute approximate surface area is 268 Å². The molecule has 0 aromatic heterocycles. The molecule has 0 radical (unpaired) electrons. The molecule has 2 atom stereocenters. The Bertz CT molecular complexity index is 1750. The van der Waals surface area contributed by atoms with Gasteiger partial charge in [-0.1, -0.05) is 70.8 Å². The molecule has 0 saturated heterocycles. The molecule has 4 aromatic rings. The van der Waals surface area contributed by atoms with Gasteiger partial charge in [0, 0.05) is 57.8 Å². The Balaban J connectivity index is 1.61. The fraction of sp³-hybridized carbons (Fsp3) is 0.212. The van der Waals surface area contributed by atoms with Gasteiger partial charge in [-0.25, -0.2) is 9.38 Å². The second-order valence-electron chi connectivity index (χ2n) is 10.3. The van der Waals surface area contributed by atoms with E-state index in [-0.39, 0.29) is 30.5 Å². The molecule has 1 aliphatic rings. The first-order chi connectivity index (χ1) is 21.8. The maximum Gasteiger partial charge on any atom is 0.252 e. The van der Waals surface area contributed by atoms with E-state index in [1.54, 1.807) is 78.9 Å². The highest BCUT2D eigenvalue weighted by molar-refractivity contribution is 6.35. The van der Waals surface area contributed by atoms with Gasteiger partial charge in [-0.05, 0) is 65.2 Å². The maximum absolute atomic E-state index is 14.4. The number of halogens is 3. The summed E-state index contributed by atoms with van der Waals surface area (Å²) in [4.78, 5) is 22.4. The van der Waals surface area contributed by atoms with E-state index in [4.69, 9.17) is 42.8 Å². The number of benzene rings is 4. The van der Waals surface area contributed by atoms with Gasteiger partial charge in [0.25, 0.3) is 5.91 Å². The molecule has 45 heavy (non-hydrogen) atoms. The van der Waals surface area contributed by atoms with Crippen molar-refractivity contribution < 1.29 is 23.8 Å². The Morgan fingerprint density at radius 2 is 1.84 bits per heavy atom. The summed E-state index contributed by atoms with van der Waals surface area (Å²) >= 11 is 12.9. The molecule has 0 unspecified atom stereocenters. The van der Waals surface area contributed by atoms with Crippen molar-refractivity contribution >= 4 is 40.7 Å². The van der Waals surface area contributed by atoms with E-state index in [0.717, 1.165) is 0 Å². The van der Waals surface area contributed by atoms with Gasteiger partial charge in [0.1, 0.15) is 11.6 Å². The number of aliphatic hydroxyl groups is 1. The number of amides is 1. The van der Waals surface area contributed by atoms with E-state index in [1.165, 1.54) is 12.1 Å². The average molecular weight is 649 g/mol. The van der Waals surface area contributed by atoms with Crippen LogP contribution in [-0.2, 0) is 22.5 Å². The number of carbonyl (C=O) groups is 1. The van der Waals surface area contributed by atoms with Gasteiger partial charge in [0.2, 0.25) is 5.90 Å². The minimum absolute atomic E-state index is 0.0193. The first-order valence-corrected chi connectivity index (χ1v) is 14.8. The molecule has 4 aromatic carbocycles. The molecule has 2 N–H and O–H groups in total. The third kappa shape index (κ3) is 7.38. The summed E-state index contributed by atoms with van der Waals surface area (Å²) in [6, 6.07) is 24.6. The van der Waals surface area contributed by atoms with Crippen LogP contribution in [0.15, 0.2) is 101 Å². The standard InChI is InChI=1S/C33H28Cl2FN5O4/c34-24-10-15-27(28(35)18-24)30-33(19-23-4-1-2-5-29(23)40-41-37,32(43)38-20-21-6-11-25(36)12-7-21)39-31(45-30)22-8-13-26(14-9-22)44-17-3-16-42/h1-2,4-15,18,30,42H,3,16-17,19-20H2,(H,38,43)/t30-,33-/m1/s1. The molecule has 9 nitrogen and oxygen atoms in total. The normalized spacial score (nSPS) is 17.2. The number of rotatable bonds is 12. The lowest BCUT2D eigenvalue weighted by Gasteiger charge is -2.31. The van der Waals surface area contributed by atoms with Crippen molar-refractivity contribution in [1.82, 2.24) is 5.32 Å². The highest BCUT2D eigenvalue weighted by atomic mass is 35.5. The van der Waals surface area contributed by atoms with Crippen molar-refractivity contribution in [2.75, 3.05) is 13.2 Å². The fourth-order valence-electron chi connectivity index (χ4n) is 5.01. The second kappa shape index (κ2) is 14.5. The molecular weight excluding hydrogens is 620 g/mol. The molecule has 1 heterocycles. The highest BCUT2D eigenvalue weighted by Gasteiger charge is 2.54. The molecule has 230 valence electrons. The zero-order valence-electron chi connectivity index (χ0n) is 23.9. The number of carbonyl (C=O) groups excluding carboxylic acids is 1. The third-order valence-corrected chi connectivity index (χ3v) is 7.81. The number of aliphatic hydroxyl groups excluding tert-OH is 1. The van der Waals surface area contributed by atoms with Crippen LogP contribution in [0, 0.1) is 5.82 Å². The van der Waals surface area contributed by atoms with Crippen molar-refractivity contribution in [1.29, 1.82) is 0 Å². The number of ether oxygens (including phenoxy) is 2. The summed E-state index contributed by atoms with van der Waals surface area (Å²) in [6.07, 6.45) is -0.550. The first kappa shape index (κ1) is 31.8. The Kier molecular flexibility index (Phi) is 10.2. The van der Waals surface area contributed by atoms with Gasteiger partial charge in [0.05, 0.1) is 6.61 Å². The van der Waals surface area contributed by atoms with Gasteiger partial charge in [-0.3, -0.25) is 4.79 Å². The molecule has 0 fully saturated rings. The van der Waals surface area contributed by atoms with E-state index in [0.29, 0.717) is 51.7 Å². The third-order valence-electron chi connectivity index (χ3n) is 7.25. The zero-order valence-corrected chi connectivity index (χ0v) is 25.4. The van der Waals surface area contributed by atoms with Crippen LogP contribution >= 0.6 is 23.2 Å². The van der Waals surface area contributed by atoms with Crippen molar-refractivity contribution in [2.24, 2.45) is 10.1 Å². The SMILES string of the molecule is [N-]=[N+]=Nc1ccccc1C[C@@]1(C(=O)NCc2ccc(F)cc2)N=C(c2ccc(OCCCO)cc2)O[C@@H]1c1ccc(Cl)cc1Cl. The lowest BCUT2D eigenvalue weighted by molar-refractivity contribution is -0.129. The van der Waals surface area contributed by atoms with Crippen molar-refractivity contribution in [2.45, 2.75) is 31.0 Å². The number of hydrogen-bond acceptors (Lipinski definition) is 6. The van der Waals surface area contributed by atoms with Crippen molar-refractivity contribution in [3.05, 3.63) is 140 Å². The summed E-state index contributed by atoms with van der Waals surface area (Å²) in [6.45, 7) is 0.461. The molecular formula is C33H28Cl2FN5O4. The summed E-state index contributed by atoms with van der Waals surface area (Å²) in [7, 11) is 0. The monoisotopic (exact) mass is 647 g/mol. The van der Waals surface area contributed by atoms with E-state index < -0.39 is 23.4 Å². The molecule has 12 heteroatoms. The first-order valence-electron chi connectivity index (χ1n) is 14.0. The summed E-state index contributed by atoms with van der Waals surface area (Å²) < 4.78 is 25.7. The molecule has 0 saturated carbocycles. The molecule has 5 rings (SSSR count). The topological polar surface area (TPSA) is 129 Å². The van der Waals surface area contributed by atoms with E-state index >= 15 is 0 Å². The van der Waals surface area contributed by atoms with Crippen LogP contribution in [0.1, 0.15) is 34.8 Å². The number of nitrogens with zero attached hydrogens (tertiary/aromatic N) is 4. The Morgan fingerprint density at radius 3 is 2.56 bits per heavy atom. The number of nitrogens with one attached hydrogen (secondary N) is 1. The molecule has 1 amide bonds. The average Bonchev–Trinajstić information content (AvgIpc) is 3.42. The largest absolute Gasteiger partial charge is 0.494 e. The number of aliphatic imine (C=N–C) groups is 1. The molecule has 0 aliphatic carbocycles. The van der Waals surface area contributed by atoms with Gasteiger partial charge in [0.15, 0.2) is 11.6 Å². The summed E-state index contributed by atoms with van der Waals surface area (Å²) in [5, 5.41) is 16.5. The minimum atomic E-state index is -1.63. The van der Waals surface area contributed by atoms with Gasteiger partial charge in [-0.2, -0.15) is 0 Å². The van der Waals surface area contributed by atoms with Crippen LogP contribution in [0.25, 0.3) is 10.4 Å². The predicted molar refractivity (Wildman–Crippen MR) is 170 cm³/mol. The van der Waals surface area contributed by atoms with Gasteiger partial charge < -0.3 is 19.9 Å². The van der Waals surface area contributed by atoms with Crippen LogP contribution in [0.4, 0.5) is 10.1 Å². The van der Waals surface area contributed by atoms with Crippen molar-refractivity contribution in [3.63, 3.8) is 0 Å². The lowest BCUT2D eigenvalue weighted by atomic mass is 9.81. The Hall–Kier alpha value is -4.60. The molecule has 0 spiro atoms. The molecule has 0 bridgehead atoms. The highest BCUT2D eigenvalue weighted by Crippen LogP contribution is 2.46. The van der Waals surface area contributed by atoms with Gasteiger partial charge >= 0.3 is 0 Å². The summed E-state index contributed by atoms with van der Waals surface area (Å²) in [5.74, 6) is -0.102. The summed E-state index contributed by atoms with van der Waals surface area (Å²) in [5.41, 5.74) is 10.2. The van der Waals surface area contributed by atoms with Crippen molar-refractivity contribution in [3.8, 4) is 5.75 Å². The minimum Gasteiger partial charge on any atom is -0.494 e. The van der Waals surface area contributed by atoms with Crippen LogP contribution in [-0.4, -0.2) is 35.7 Å². The fourth-order valence-corrected chi connectivity index (χ4v) is 5.52. The quantitative estimate of drug-likeness (QED) is 0.0708. The number of hydrogen-bond donors (Lipinski definition) is 2. The zero-order chi connectivity index (χ0) is 31.8. The van der Waals surface area contributed by atoms with E-state index in [2.05, 4.69) is 15.3 Å². The van der Waals surface area contributed by atoms with Crippen LogP contribution in [0.5, 0.6) is 5.75 Å². The van der Waals surface area contributed by atoms with Crippen LogP contribution in [0.3, 0.4) is 0 Å². The van der Waals surface area contributed by atoms with Crippen LogP contribution in [0.2, 0.25) is 10.0 Å². The number of azide groups is 1. The molecule has 1 aliphatic heterocycles. The van der Waals surface area contributed by atoms with Crippen LogP contribution < -0.4 is 10.1 Å². The van der Waals surface area contributed by atoms with E-state index in [1.807, 2.05) is 0 Å². The smallest absolute Gasteiger partial charge is 0.252 e. The second-order valence-corrected chi connectivity index (χ2v) is 11.1. The van der Waals surface area contributed by atoms with E-state index in [9.17, 15) is 14.7 Å². The lowest BCUT2D eigenvalue weighted by Crippen LogP contribution is -2.49. The maximum atomic E-state index is 14.4.